The highest BCUT2D eigenvalue weighted by Gasteiger charge is 2.26. The predicted octanol–water partition coefficient (Wildman–Crippen LogP) is 2.00. The topological polar surface area (TPSA) is 41.1 Å². The smallest absolute Gasteiger partial charge is 0.224 e. The Morgan fingerprint density at radius 2 is 2.11 bits per heavy atom. The number of piperidine rings is 1. The van der Waals surface area contributed by atoms with Crippen molar-refractivity contribution >= 4 is 5.91 Å². The number of carbonyl (C=O) groups is 1. The standard InChI is InChI=1S/C15H22N2O/c1-11-5-7-13(8-6-11)10-17-15(18)14-4-3-9-16-12(14)2/h5-8,12,14,16H,3-4,9-10H2,1-2H3,(H,17,18). The molecule has 1 heterocycles. The van der Waals surface area contributed by atoms with Crippen LogP contribution in [0.3, 0.4) is 0 Å². The van der Waals surface area contributed by atoms with Crippen molar-refractivity contribution < 1.29 is 4.79 Å². The predicted molar refractivity (Wildman–Crippen MR) is 73.2 cm³/mol. The number of hydrogen-bond donors (Lipinski definition) is 2. The van der Waals surface area contributed by atoms with Crippen molar-refractivity contribution in [3.8, 4) is 0 Å². The molecule has 0 aromatic heterocycles. The Balaban J connectivity index is 1.85. The van der Waals surface area contributed by atoms with Gasteiger partial charge in [-0.05, 0) is 38.8 Å². The van der Waals surface area contributed by atoms with Gasteiger partial charge in [0.15, 0.2) is 0 Å². The van der Waals surface area contributed by atoms with Crippen molar-refractivity contribution in [3.05, 3.63) is 35.4 Å². The summed E-state index contributed by atoms with van der Waals surface area (Å²) in [7, 11) is 0. The molecule has 0 bridgehead atoms. The van der Waals surface area contributed by atoms with Crippen LogP contribution in [0.25, 0.3) is 0 Å². The van der Waals surface area contributed by atoms with Crippen molar-refractivity contribution in [2.24, 2.45) is 5.92 Å². The van der Waals surface area contributed by atoms with E-state index in [4.69, 9.17) is 0 Å². The number of hydrogen-bond acceptors (Lipinski definition) is 2. The molecule has 3 heteroatoms. The molecule has 1 aromatic carbocycles. The second kappa shape index (κ2) is 6.01. The van der Waals surface area contributed by atoms with Crippen LogP contribution in [0, 0.1) is 12.8 Å². The number of benzene rings is 1. The van der Waals surface area contributed by atoms with Crippen molar-refractivity contribution in [2.75, 3.05) is 6.54 Å². The minimum Gasteiger partial charge on any atom is -0.352 e. The van der Waals surface area contributed by atoms with E-state index in [2.05, 4.69) is 48.7 Å². The molecule has 2 rings (SSSR count). The van der Waals surface area contributed by atoms with Crippen molar-refractivity contribution in [2.45, 2.75) is 39.3 Å². The molecule has 1 amide bonds. The molecule has 18 heavy (non-hydrogen) atoms. The van der Waals surface area contributed by atoms with E-state index >= 15 is 0 Å². The lowest BCUT2D eigenvalue weighted by atomic mass is 9.91. The van der Waals surface area contributed by atoms with Crippen LogP contribution in [0.15, 0.2) is 24.3 Å². The Bertz CT molecular complexity index is 399. The quantitative estimate of drug-likeness (QED) is 0.856. The van der Waals surface area contributed by atoms with E-state index in [0.717, 1.165) is 24.9 Å². The molecule has 2 unspecified atom stereocenters. The molecule has 2 atom stereocenters. The molecule has 0 aliphatic carbocycles. The number of amides is 1. The Kier molecular flexibility index (Phi) is 4.37. The molecule has 98 valence electrons. The molecule has 1 aliphatic heterocycles. The van der Waals surface area contributed by atoms with Gasteiger partial charge in [0.2, 0.25) is 5.91 Å². The summed E-state index contributed by atoms with van der Waals surface area (Å²) in [5.41, 5.74) is 2.40. The second-order valence-electron chi connectivity index (χ2n) is 5.19. The van der Waals surface area contributed by atoms with Crippen LogP contribution >= 0.6 is 0 Å². The highest BCUT2D eigenvalue weighted by Crippen LogP contribution is 2.16. The number of aryl methyl sites for hydroxylation is 1. The third kappa shape index (κ3) is 3.33. The molecule has 1 fully saturated rings. The Hall–Kier alpha value is -1.35. The summed E-state index contributed by atoms with van der Waals surface area (Å²) in [6.45, 7) is 5.82. The minimum absolute atomic E-state index is 0.115. The Morgan fingerprint density at radius 1 is 1.39 bits per heavy atom. The summed E-state index contributed by atoms with van der Waals surface area (Å²) >= 11 is 0. The fraction of sp³-hybridized carbons (Fsp3) is 0.533. The summed E-state index contributed by atoms with van der Waals surface area (Å²) in [5, 5.41) is 6.40. The van der Waals surface area contributed by atoms with E-state index in [1.165, 1.54) is 5.56 Å². The lowest BCUT2D eigenvalue weighted by Gasteiger charge is -2.28. The van der Waals surface area contributed by atoms with Crippen molar-refractivity contribution in [1.29, 1.82) is 0 Å². The monoisotopic (exact) mass is 246 g/mol. The van der Waals surface area contributed by atoms with Crippen molar-refractivity contribution in [1.82, 2.24) is 10.6 Å². The average Bonchev–Trinajstić information content (AvgIpc) is 2.38. The summed E-state index contributed by atoms with van der Waals surface area (Å²) in [6.07, 6.45) is 2.08. The van der Waals surface area contributed by atoms with Gasteiger partial charge in [-0.15, -0.1) is 0 Å². The van der Waals surface area contributed by atoms with Gasteiger partial charge in [-0.2, -0.15) is 0 Å². The number of carbonyl (C=O) groups excluding carboxylic acids is 1. The molecule has 0 saturated carbocycles. The molecule has 1 aliphatic rings. The van der Waals surface area contributed by atoms with Gasteiger partial charge in [-0.3, -0.25) is 4.79 Å². The van der Waals surface area contributed by atoms with Crippen LogP contribution in [0.2, 0.25) is 0 Å². The zero-order chi connectivity index (χ0) is 13.0. The first kappa shape index (κ1) is 13.1. The minimum atomic E-state index is 0.115. The van der Waals surface area contributed by atoms with E-state index in [9.17, 15) is 4.79 Å². The SMILES string of the molecule is Cc1ccc(CNC(=O)C2CCCNC2C)cc1. The van der Waals surface area contributed by atoms with Gasteiger partial charge in [-0.1, -0.05) is 29.8 Å². The van der Waals surface area contributed by atoms with Gasteiger partial charge in [-0.25, -0.2) is 0 Å². The molecule has 0 spiro atoms. The van der Waals surface area contributed by atoms with E-state index < -0.39 is 0 Å². The summed E-state index contributed by atoms with van der Waals surface area (Å²) in [6, 6.07) is 8.58. The van der Waals surface area contributed by atoms with E-state index in [0.29, 0.717) is 6.54 Å². The molecule has 0 radical (unpaired) electrons. The van der Waals surface area contributed by atoms with Gasteiger partial charge in [0.05, 0.1) is 5.92 Å². The number of nitrogens with one attached hydrogen (secondary N) is 2. The fourth-order valence-electron chi connectivity index (χ4n) is 2.43. The largest absolute Gasteiger partial charge is 0.352 e. The maximum atomic E-state index is 12.1. The maximum Gasteiger partial charge on any atom is 0.224 e. The van der Waals surface area contributed by atoms with Gasteiger partial charge < -0.3 is 10.6 Å². The maximum absolute atomic E-state index is 12.1. The van der Waals surface area contributed by atoms with Crippen LogP contribution in [0.4, 0.5) is 0 Å². The third-order valence-electron chi connectivity index (χ3n) is 3.69. The Morgan fingerprint density at radius 3 is 2.78 bits per heavy atom. The summed E-state index contributed by atoms with van der Waals surface area (Å²) < 4.78 is 0. The third-order valence-corrected chi connectivity index (χ3v) is 3.69. The fourth-order valence-corrected chi connectivity index (χ4v) is 2.43. The van der Waals surface area contributed by atoms with Crippen LogP contribution in [0.1, 0.15) is 30.9 Å². The first-order chi connectivity index (χ1) is 8.66. The summed E-state index contributed by atoms with van der Waals surface area (Å²) in [5.74, 6) is 0.291. The average molecular weight is 246 g/mol. The first-order valence-electron chi connectivity index (χ1n) is 6.73. The van der Waals surface area contributed by atoms with Gasteiger partial charge in [0, 0.05) is 12.6 Å². The molecule has 1 saturated heterocycles. The number of rotatable bonds is 3. The summed E-state index contributed by atoms with van der Waals surface area (Å²) in [4.78, 5) is 12.1. The molecule has 1 aromatic rings. The van der Waals surface area contributed by atoms with Gasteiger partial charge >= 0.3 is 0 Å². The van der Waals surface area contributed by atoms with Crippen LogP contribution in [-0.2, 0) is 11.3 Å². The van der Waals surface area contributed by atoms with Gasteiger partial charge in [0.25, 0.3) is 0 Å². The Labute approximate surface area is 109 Å². The van der Waals surface area contributed by atoms with E-state index in [1.54, 1.807) is 0 Å². The first-order valence-corrected chi connectivity index (χ1v) is 6.73. The van der Waals surface area contributed by atoms with Crippen LogP contribution in [-0.4, -0.2) is 18.5 Å². The van der Waals surface area contributed by atoms with E-state index in [-0.39, 0.29) is 17.9 Å². The highest BCUT2D eigenvalue weighted by molar-refractivity contribution is 5.79. The van der Waals surface area contributed by atoms with E-state index in [1.807, 2.05) is 0 Å². The second-order valence-corrected chi connectivity index (χ2v) is 5.19. The lowest BCUT2D eigenvalue weighted by molar-refractivity contribution is -0.126. The lowest BCUT2D eigenvalue weighted by Crippen LogP contribution is -2.46. The van der Waals surface area contributed by atoms with Crippen LogP contribution in [0.5, 0.6) is 0 Å². The zero-order valence-electron chi connectivity index (χ0n) is 11.2. The molecule has 2 N–H and O–H groups in total. The normalized spacial score (nSPS) is 23.7. The molecular weight excluding hydrogens is 224 g/mol. The molecular formula is C15H22N2O. The zero-order valence-corrected chi connectivity index (χ0v) is 11.2. The van der Waals surface area contributed by atoms with Crippen LogP contribution < -0.4 is 10.6 Å². The van der Waals surface area contributed by atoms with Gasteiger partial charge in [0.1, 0.15) is 0 Å². The van der Waals surface area contributed by atoms with Crippen molar-refractivity contribution in [3.63, 3.8) is 0 Å². The highest BCUT2D eigenvalue weighted by atomic mass is 16.1. The molecule has 3 nitrogen and oxygen atoms in total.